The van der Waals surface area contributed by atoms with Crippen molar-refractivity contribution in [1.29, 1.82) is 0 Å². The third-order valence-corrected chi connectivity index (χ3v) is 4.58. The number of hydrogen-bond donors (Lipinski definition) is 1. The smallest absolute Gasteiger partial charge is 0.130 e. The average molecular weight is 292 g/mol. The van der Waals surface area contributed by atoms with Gasteiger partial charge in [0.05, 0.1) is 21.6 Å². The fourth-order valence-corrected chi connectivity index (χ4v) is 3.52. The maximum atomic E-state index is 6.41. The minimum absolute atomic E-state index is 0.0320. The number of nitrogens with one attached hydrogen (secondary N) is 1. The quantitative estimate of drug-likeness (QED) is 0.923. The normalized spacial score (nSPS) is 23.4. The van der Waals surface area contributed by atoms with Crippen LogP contribution in [0.3, 0.4) is 0 Å². The first-order chi connectivity index (χ1) is 9.65. The van der Waals surface area contributed by atoms with Crippen molar-refractivity contribution in [1.82, 2.24) is 14.9 Å². The fraction of sp³-hybridized carbons (Fsp3) is 0.562. The van der Waals surface area contributed by atoms with Gasteiger partial charge < -0.3 is 9.88 Å². The first-order valence-corrected chi connectivity index (χ1v) is 7.94. The summed E-state index contributed by atoms with van der Waals surface area (Å²) >= 11 is 6.41. The van der Waals surface area contributed by atoms with E-state index in [0.717, 1.165) is 47.8 Å². The molecule has 2 heterocycles. The molecule has 0 saturated carbocycles. The Hall–Kier alpha value is -1.06. The molecule has 1 N–H and O–H groups in total. The van der Waals surface area contributed by atoms with E-state index < -0.39 is 0 Å². The van der Waals surface area contributed by atoms with Crippen LogP contribution in [0.5, 0.6) is 0 Å². The Bertz CT molecular complexity index is 611. The summed E-state index contributed by atoms with van der Waals surface area (Å²) in [5, 5.41) is 4.46. The summed E-state index contributed by atoms with van der Waals surface area (Å²) in [6.45, 7) is 6.50. The SMILES string of the molecule is CCCn1c(C2(C)CCCCN2)nc2cccc(Cl)c21. The van der Waals surface area contributed by atoms with E-state index in [1.807, 2.05) is 12.1 Å². The summed E-state index contributed by atoms with van der Waals surface area (Å²) in [7, 11) is 0. The van der Waals surface area contributed by atoms with Crippen molar-refractivity contribution < 1.29 is 0 Å². The zero-order chi connectivity index (χ0) is 14.2. The van der Waals surface area contributed by atoms with Crippen LogP contribution in [0.15, 0.2) is 18.2 Å². The van der Waals surface area contributed by atoms with Gasteiger partial charge in [0, 0.05) is 6.54 Å². The summed E-state index contributed by atoms with van der Waals surface area (Å²) in [6, 6.07) is 6.00. The monoisotopic (exact) mass is 291 g/mol. The standard InChI is InChI=1S/C16H22ClN3/c1-3-11-20-14-12(17)7-6-8-13(14)19-15(20)16(2)9-4-5-10-18-16/h6-8,18H,3-5,9-11H2,1-2H3. The minimum Gasteiger partial charge on any atom is -0.325 e. The van der Waals surface area contributed by atoms with Crippen molar-refractivity contribution in [3.05, 3.63) is 29.0 Å². The number of aryl methyl sites for hydroxylation is 1. The van der Waals surface area contributed by atoms with Gasteiger partial charge in [-0.2, -0.15) is 0 Å². The highest BCUT2D eigenvalue weighted by Gasteiger charge is 2.33. The first-order valence-electron chi connectivity index (χ1n) is 7.56. The highest BCUT2D eigenvalue weighted by atomic mass is 35.5. The second-order valence-corrected chi connectivity index (χ2v) is 6.32. The summed E-state index contributed by atoms with van der Waals surface area (Å²) in [5.74, 6) is 1.14. The van der Waals surface area contributed by atoms with E-state index in [2.05, 4.69) is 29.8 Å². The number of hydrogen-bond acceptors (Lipinski definition) is 2. The van der Waals surface area contributed by atoms with Crippen LogP contribution >= 0.6 is 11.6 Å². The van der Waals surface area contributed by atoms with Crippen LogP contribution in [0.2, 0.25) is 5.02 Å². The molecule has 1 aromatic carbocycles. The van der Waals surface area contributed by atoms with E-state index in [4.69, 9.17) is 16.6 Å². The van der Waals surface area contributed by atoms with Crippen molar-refractivity contribution in [2.24, 2.45) is 0 Å². The molecule has 1 unspecified atom stereocenters. The van der Waals surface area contributed by atoms with Crippen molar-refractivity contribution in [2.75, 3.05) is 6.54 Å². The molecule has 1 saturated heterocycles. The van der Waals surface area contributed by atoms with E-state index in [9.17, 15) is 0 Å². The second-order valence-electron chi connectivity index (χ2n) is 5.91. The Balaban J connectivity index is 2.19. The molecule has 0 spiro atoms. The van der Waals surface area contributed by atoms with E-state index >= 15 is 0 Å². The number of rotatable bonds is 3. The van der Waals surface area contributed by atoms with Crippen LogP contribution < -0.4 is 5.32 Å². The number of nitrogens with zero attached hydrogens (tertiary/aromatic N) is 2. The molecule has 0 aliphatic carbocycles. The molecule has 0 amide bonds. The number of fused-ring (bicyclic) bond motifs is 1. The van der Waals surface area contributed by atoms with Gasteiger partial charge in [0.25, 0.3) is 0 Å². The van der Waals surface area contributed by atoms with Crippen LogP contribution in [0.1, 0.15) is 45.4 Å². The summed E-state index contributed by atoms with van der Waals surface area (Å²) < 4.78 is 2.32. The number of aromatic nitrogens is 2. The number of benzene rings is 1. The Morgan fingerprint density at radius 2 is 2.25 bits per heavy atom. The molecule has 4 heteroatoms. The fourth-order valence-electron chi connectivity index (χ4n) is 3.25. The van der Waals surface area contributed by atoms with Gasteiger partial charge in [0.1, 0.15) is 5.82 Å². The third kappa shape index (κ3) is 2.23. The average Bonchev–Trinajstić information content (AvgIpc) is 2.81. The van der Waals surface area contributed by atoms with Gasteiger partial charge in [-0.3, -0.25) is 0 Å². The molecular weight excluding hydrogens is 270 g/mol. The molecule has 0 radical (unpaired) electrons. The Labute approximate surface area is 125 Å². The predicted molar refractivity (Wildman–Crippen MR) is 84.2 cm³/mol. The van der Waals surface area contributed by atoms with E-state index in [-0.39, 0.29) is 5.54 Å². The molecule has 3 rings (SSSR count). The largest absolute Gasteiger partial charge is 0.325 e. The van der Waals surface area contributed by atoms with Crippen molar-refractivity contribution >= 4 is 22.6 Å². The van der Waals surface area contributed by atoms with Crippen LogP contribution in [0.4, 0.5) is 0 Å². The predicted octanol–water partition coefficient (Wildman–Crippen LogP) is 4.09. The Morgan fingerprint density at radius 3 is 2.95 bits per heavy atom. The van der Waals surface area contributed by atoms with Gasteiger partial charge >= 0.3 is 0 Å². The molecule has 1 atom stereocenters. The molecule has 1 aromatic heterocycles. The van der Waals surface area contributed by atoms with E-state index in [0.29, 0.717) is 0 Å². The summed E-state index contributed by atoms with van der Waals surface area (Å²) in [5.41, 5.74) is 2.06. The highest BCUT2D eigenvalue weighted by molar-refractivity contribution is 6.35. The third-order valence-electron chi connectivity index (χ3n) is 4.28. The molecule has 3 nitrogen and oxygen atoms in total. The van der Waals surface area contributed by atoms with Crippen LogP contribution in [0.25, 0.3) is 11.0 Å². The zero-order valence-electron chi connectivity index (χ0n) is 12.2. The van der Waals surface area contributed by atoms with Crippen molar-refractivity contribution in [3.8, 4) is 0 Å². The zero-order valence-corrected chi connectivity index (χ0v) is 13.0. The van der Waals surface area contributed by atoms with E-state index in [1.54, 1.807) is 0 Å². The number of imidazole rings is 1. The number of halogens is 1. The lowest BCUT2D eigenvalue weighted by Crippen LogP contribution is -2.45. The molecule has 1 aliphatic heterocycles. The number of para-hydroxylation sites is 1. The molecule has 0 bridgehead atoms. The lowest BCUT2D eigenvalue weighted by Gasteiger charge is -2.34. The maximum Gasteiger partial charge on any atom is 0.130 e. The van der Waals surface area contributed by atoms with Crippen molar-refractivity contribution in [3.63, 3.8) is 0 Å². The lowest BCUT2D eigenvalue weighted by atomic mass is 9.90. The lowest BCUT2D eigenvalue weighted by molar-refractivity contribution is 0.261. The van der Waals surface area contributed by atoms with Gasteiger partial charge in [-0.1, -0.05) is 24.6 Å². The molecule has 20 heavy (non-hydrogen) atoms. The molecular formula is C16H22ClN3. The van der Waals surface area contributed by atoms with Crippen LogP contribution in [0, 0.1) is 0 Å². The maximum absolute atomic E-state index is 6.41. The molecule has 1 fully saturated rings. The molecule has 1 aliphatic rings. The van der Waals surface area contributed by atoms with E-state index in [1.165, 1.54) is 12.8 Å². The van der Waals surface area contributed by atoms with Gasteiger partial charge in [-0.25, -0.2) is 4.98 Å². The first kappa shape index (κ1) is 13.9. The van der Waals surface area contributed by atoms with Gasteiger partial charge in [-0.05, 0) is 51.3 Å². The van der Waals surface area contributed by atoms with Gasteiger partial charge in [0.2, 0.25) is 0 Å². The van der Waals surface area contributed by atoms with Crippen molar-refractivity contribution in [2.45, 2.75) is 51.6 Å². The summed E-state index contributed by atoms with van der Waals surface area (Å²) in [6.07, 6.45) is 4.73. The molecule has 108 valence electrons. The molecule has 2 aromatic rings. The highest BCUT2D eigenvalue weighted by Crippen LogP contribution is 2.34. The van der Waals surface area contributed by atoms with Gasteiger partial charge in [-0.15, -0.1) is 0 Å². The minimum atomic E-state index is -0.0320. The topological polar surface area (TPSA) is 29.9 Å². The Morgan fingerprint density at radius 1 is 1.40 bits per heavy atom. The van der Waals surface area contributed by atoms with Crippen LogP contribution in [-0.4, -0.2) is 16.1 Å². The van der Waals surface area contributed by atoms with Gasteiger partial charge in [0.15, 0.2) is 0 Å². The Kier molecular flexibility index (Phi) is 3.74. The second kappa shape index (κ2) is 5.38. The summed E-state index contributed by atoms with van der Waals surface area (Å²) in [4.78, 5) is 4.90. The number of piperidine rings is 1. The van der Waals surface area contributed by atoms with Crippen LogP contribution in [-0.2, 0) is 12.1 Å².